The fourth-order valence-electron chi connectivity index (χ4n) is 3.38. The van der Waals surface area contributed by atoms with Crippen molar-refractivity contribution < 1.29 is 33.6 Å². The largest absolute Gasteiger partial charge is 0.353 e. The van der Waals surface area contributed by atoms with Crippen LogP contribution in [0.4, 0.5) is 0 Å². The maximum absolute atomic E-state index is 13.2. The van der Waals surface area contributed by atoms with Gasteiger partial charge in [-0.2, -0.15) is 0 Å². The number of nitrogens with one attached hydrogen (secondary N) is 8. The van der Waals surface area contributed by atoms with E-state index in [4.69, 9.17) is 0 Å². The Hall–Kier alpha value is -3.75. The Morgan fingerprint density at radius 3 is 1.76 bits per heavy atom. The topological polar surface area (TPSA) is 216 Å². The van der Waals surface area contributed by atoms with Crippen LogP contribution in [0.2, 0.25) is 0 Å². The highest BCUT2D eigenvalue weighted by Crippen LogP contribution is 2.11. The minimum absolute atomic E-state index is 0.00746. The van der Waals surface area contributed by atoms with Crippen molar-refractivity contribution in [2.45, 2.75) is 84.5 Å². The second kappa shape index (κ2) is 16.5. The lowest BCUT2D eigenvalue weighted by atomic mass is 9.97. The van der Waals surface area contributed by atoms with Crippen LogP contribution in [0.25, 0.3) is 0 Å². The molecule has 41 heavy (non-hydrogen) atoms. The maximum Gasteiger partial charge on any atom is 0.246 e. The Bertz CT molecular complexity index is 963. The van der Waals surface area contributed by atoms with Crippen LogP contribution in [0.15, 0.2) is 0 Å². The summed E-state index contributed by atoms with van der Waals surface area (Å²) < 4.78 is 0. The molecule has 0 saturated carbocycles. The molecule has 0 fully saturated rings. The fraction of sp³-hybridized carbons (Fsp3) is 0.731. The van der Waals surface area contributed by atoms with E-state index in [-0.39, 0.29) is 18.9 Å². The average Bonchev–Trinajstić information content (AvgIpc) is 2.84. The van der Waals surface area contributed by atoms with Crippen molar-refractivity contribution in [3.8, 4) is 0 Å². The molecule has 0 radical (unpaired) electrons. The van der Waals surface area contributed by atoms with Gasteiger partial charge in [-0.25, -0.2) is 0 Å². The van der Waals surface area contributed by atoms with Gasteiger partial charge < -0.3 is 42.5 Å². The van der Waals surface area contributed by atoms with E-state index in [0.29, 0.717) is 19.5 Å². The van der Waals surface area contributed by atoms with E-state index in [1.165, 1.54) is 27.7 Å². The smallest absolute Gasteiger partial charge is 0.246 e. The van der Waals surface area contributed by atoms with Crippen LogP contribution in [0.5, 0.6) is 0 Å². The average molecular weight is 585 g/mol. The van der Waals surface area contributed by atoms with Gasteiger partial charge in [0.05, 0.1) is 13.1 Å². The zero-order valence-corrected chi connectivity index (χ0v) is 25.6. The first-order valence-corrected chi connectivity index (χ1v) is 13.4. The molecule has 1 atom stereocenters. The molecule has 15 heteroatoms. The first kappa shape index (κ1) is 37.2. The molecule has 0 spiro atoms. The predicted molar refractivity (Wildman–Crippen MR) is 152 cm³/mol. The molecule has 0 saturated heterocycles. The Labute approximate surface area is 241 Å². The molecule has 0 unspecified atom stereocenters. The van der Waals surface area contributed by atoms with Crippen molar-refractivity contribution in [2.75, 3.05) is 33.2 Å². The highest BCUT2D eigenvalue weighted by molar-refractivity contribution is 5.98. The van der Waals surface area contributed by atoms with Crippen molar-refractivity contribution in [3.63, 3.8) is 0 Å². The molecular weight excluding hydrogens is 536 g/mol. The monoisotopic (exact) mass is 584 g/mol. The Morgan fingerprint density at radius 2 is 1.22 bits per heavy atom. The zero-order chi connectivity index (χ0) is 32.0. The van der Waals surface area contributed by atoms with Crippen LogP contribution >= 0.6 is 0 Å². The molecule has 0 heterocycles. The van der Waals surface area contributed by atoms with Crippen molar-refractivity contribution in [2.24, 2.45) is 5.92 Å². The second-order valence-corrected chi connectivity index (χ2v) is 11.7. The van der Waals surface area contributed by atoms with Crippen molar-refractivity contribution in [1.29, 1.82) is 0 Å². The van der Waals surface area contributed by atoms with Crippen LogP contribution in [0, 0.1) is 5.92 Å². The molecular formula is C26H48N8O7. The molecule has 0 aromatic carbocycles. The molecule has 0 aromatic rings. The maximum atomic E-state index is 13.2. The standard InChI is InChI=1S/C26H48N8O7/c1-16(2)12-17(31-18(36)14-30-22(40)24(3,4)32-19(37)13-28-15-35)20(38)33-26(7,8)23(41)34-25(5,6)21(39)29-11-10-27-9/h15-17,27H,10-14H2,1-9H3,(H,28,35)(H,29,39)(H,30,40)(H,31,36)(H,32,37)(H,33,38)(H,34,41)/t17-/m0/s1. The van der Waals surface area contributed by atoms with E-state index in [1.54, 1.807) is 20.9 Å². The van der Waals surface area contributed by atoms with Crippen LogP contribution in [-0.2, 0) is 33.6 Å². The highest BCUT2D eigenvalue weighted by Gasteiger charge is 2.38. The number of hydrogen-bond acceptors (Lipinski definition) is 8. The SMILES string of the molecule is CNCCNC(=O)C(C)(C)NC(=O)C(C)(C)NC(=O)[C@H](CC(C)C)NC(=O)CNC(=O)C(C)(C)NC(=O)CNC=O. The number of amides is 7. The number of likely N-dealkylation sites (N-methyl/N-ethyl adjacent to an activating group) is 1. The van der Waals surface area contributed by atoms with E-state index in [1.807, 2.05) is 13.8 Å². The van der Waals surface area contributed by atoms with E-state index >= 15 is 0 Å². The number of carbonyl (C=O) groups excluding carboxylic acids is 7. The lowest BCUT2D eigenvalue weighted by Crippen LogP contribution is -2.64. The van der Waals surface area contributed by atoms with Crippen molar-refractivity contribution in [3.05, 3.63) is 0 Å². The van der Waals surface area contributed by atoms with Gasteiger partial charge in [-0.1, -0.05) is 13.8 Å². The molecule has 0 aliphatic rings. The van der Waals surface area contributed by atoms with Gasteiger partial charge in [0.2, 0.25) is 41.9 Å². The van der Waals surface area contributed by atoms with Crippen molar-refractivity contribution >= 4 is 41.9 Å². The van der Waals surface area contributed by atoms with Crippen LogP contribution in [-0.4, -0.2) is 97.7 Å². The van der Waals surface area contributed by atoms with Gasteiger partial charge in [0.25, 0.3) is 0 Å². The van der Waals surface area contributed by atoms with Gasteiger partial charge in [-0.15, -0.1) is 0 Å². The number of hydrogen-bond donors (Lipinski definition) is 8. The lowest BCUT2D eigenvalue weighted by molar-refractivity contribution is -0.138. The summed E-state index contributed by atoms with van der Waals surface area (Å²) in [7, 11) is 1.75. The molecule has 0 aliphatic heterocycles. The van der Waals surface area contributed by atoms with E-state index in [0.717, 1.165) is 0 Å². The van der Waals surface area contributed by atoms with Crippen LogP contribution in [0.3, 0.4) is 0 Å². The second-order valence-electron chi connectivity index (χ2n) is 11.7. The minimum atomic E-state index is -1.44. The third-order valence-electron chi connectivity index (χ3n) is 5.79. The first-order valence-electron chi connectivity index (χ1n) is 13.4. The predicted octanol–water partition coefficient (Wildman–Crippen LogP) is -2.60. The van der Waals surface area contributed by atoms with Gasteiger partial charge in [0.15, 0.2) is 0 Å². The van der Waals surface area contributed by atoms with Gasteiger partial charge in [0, 0.05) is 13.1 Å². The van der Waals surface area contributed by atoms with Crippen LogP contribution in [0.1, 0.15) is 61.8 Å². The van der Waals surface area contributed by atoms with Gasteiger partial charge in [-0.05, 0) is 60.9 Å². The molecule has 0 aromatic heterocycles. The first-order chi connectivity index (χ1) is 18.8. The molecule has 8 N–H and O–H groups in total. The van der Waals surface area contributed by atoms with Crippen molar-refractivity contribution in [1.82, 2.24) is 42.5 Å². The Morgan fingerprint density at radius 1 is 0.683 bits per heavy atom. The summed E-state index contributed by atoms with van der Waals surface area (Å²) in [5, 5.41) is 20.5. The third kappa shape index (κ3) is 13.9. The summed E-state index contributed by atoms with van der Waals surface area (Å²) in [6.45, 7) is 12.7. The van der Waals surface area contributed by atoms with Gasteiger partial charge >= 0.3 is 0 Å². The molecule has 234 valence electrons. The Balaban J connectivity index is 5.25. The van der Waals surface area contributed by atoms with Gasteiger partial charge in [0.1, 0.15) is 22.7 Å². The molecule has 15 nitrogen and oxygen atoms in total. The fourth-order valence-corrected chi connectivity index (χ4v) is 3.38. The summed E-state index contributed by atoms with van der Waals surface area (Å²) in [6.07, 6.45) is 0.592. The molecule has 0 rings (SSSR count). The van der Waals surface area contributed by atoms with Gasteiger partial charge in [-0.3, -0.25) is 33.6 Å². The normalized spacial score (nSPS) is 12.4. The Kier molecular flexibility index (Phi) is 15.0. The molecule has 0 bridgehead atoms. The van der Waals surface area contributed by atoms with E-state index in [2.05, 4.69) is 42.5 Å². The summed E-state index contributed by atoms with van der Waals surface area (Å²) in [4.78, 5) is 86.0. The minimum Gasteiger partial charge on any atom is -0.353 e. The number of rotatable bonds is 18. The summed E-state index contributed by atoms with van der Waals surface area (Å²) in [5.74, 6) is -3.54. The molecule has 7 amide bonds. The van der Waals surface area contributed by atoms with E-state index in [9.17, 15) is 33.6 Å². The third-order valence-corrected chi connectivity index (χ3v) is 5.79. The lowest BCUT2D eigenvalue weighted by Gasteiger charge is -2.33. The summed E-state index contributed by atoms with van der Waals surface area (Å²) >= 11 is 0. The summed E-state index contributed by atoms with van der Waals surface area (Å²) in [5.41, 5.74) is -4.07. The van der Waals surface area contributed by atoms with E-state index < -0.39 is 64.6 Å². The summed E-state index contributed by atoms with van der Waals surface area (Å²) in [6, 6.07) is -1.02. The number of carbonyl (C=O) groups is 7. The van der Waals surface area contributed by atoms with Crippen LogP contribution < -0.4 is 42.5 Å². The quantitative estimate of drug-likeness (QED) is 0.0630. The molecule has 0 aliphatic carbocycles. The highest BCUT2D eigenvalue weighted by atomic mass is 16.2. The zero-order valence-electron chi connectivity index (χ0n) is 25.6.